The molecule has 27 nitrogen and oxygen atoms in total. The van der Waals surface area contributed by atoms with E-state index in [1.807, 2.05) is 9.97 Å². The van der Waals surface area contributed by atoms with Gasteiger partial charge < -0.3 is 49.5 Å². The lowest BCUT2D eigenvalue weighted by Crippen LogP contribution is -2.37. The van der Waals surface area contributed by atoms with Crippen molar-refractivity contribution in [3.05, 3.63) is 66.2 Å². The zero-order valence-electron chi connectivity index (χ0n) is 23.7. The van der Waals surface area contributed by atoms with Gasteiger partial charge in [0.2, 0.25) is 0 Å². The second-order valence-corrected chi connectivity index (χ2v) is 16.1. The average molecular weight is 790 g/mol. The van der Waals surface area contributed by atoms with Crippen LogP contribution in [0.3, 0.4) is 0 Å². The van der Waals surface area contributed by atoms with Crippen LogP contribution >= 0.6 is 31.3 Å². The van der Waals surface area contributed by atoms with Crippen molar-refractivity contribution in [1.82, 2.24) is 19.1 Å². The number of aromatic amines is 2. The summed E-state index contributed by atoms with van der Waals surface area (Å²) < 4.78 is 80.5. The number of aromatic nitrogens is 4. The van der Waals surface area contributed by atoms with E-state index in [0.717, 1.165) is 24.5 Å². The number of nitrogens with zero attached hydrogens (tertiary/aromatic N) is 2. The summed E-state index contributed by atoms with van der Waals surface area (Å²) in [6.45, 7) is -2.43. The maximum absolute atomic E-state index is 12.2. The van der Waals surface area contributed by atoms with Crippen molar-refractivity contribution >= 4 is 31.3 Å². The van der Waals surface area contributed by atoms with Gasteiger partial charge in [-0.15, -0.1) is 0 Å². The van der Waals surface area contributed by atoms with Gasteiger partial charge in [-0.05, 0) is 0 Å². The molecule has 0 aromatic carbocycles. The fourth-order valence-electron chi connectivity index (χ4n) is 4.25. The van der Waals surface area contributed by atoms with Crippen LogP contribution in [0.15, 0.2) is 43.7 Å². The molecule has 49 heavy (non-hydrogen) atoms. The van der Waals surface area contributed by atoms with E-state index < -0.39 is 116 Å². The van der Waals surface area contributed by atoms with Crippen LogP contribution in [0.2, 0.25) is 0 Å². The molecule has 0 spiro atoms. The molecular weight excluding hydrogens is 764 g/mol. The second kappa shape index (κ2) is 14.7. The van der Waals surface area contributed by atoms with Crippen LogP contribution in [0.4, 0.5) is 0 Å². The van der Waals surface area contributed by atoms with Crippen molar-refractivity contribution < 1.29 is 89.7 Å². The van der Waals surface area contributed by atoms with Gasteiger partial charge in [0.25, 0.3) is 11.1 Å². The highest BCUT2D eigenvalue weighted by atomic mass is 31.3. The largest absolute Gasteiger partial charge is 0.490 e. The van der Waals surface area contributed by atoms with E-state index in [2.05, 4.69) is 22.0 Å². The molecule has 2 aromatic rings. The monoisotopic (exact) mass is 790 g/mol. The molecule has 12 atom stereocenters. The predicted octanol–water partition coefficient (Wildman–Crippen LogP) is -4.19. The summed E-state index contributed by atoms with van der Waals surface area (Å²) in [5.74, 6) is 0. The Morgan fingerprint density at radius 2 is 0.918 bits per heavy atom. The van der Waals surface area contributed by atoms with Gasteiger partial charge in [-0.3, -0.25) is 37.7 Å². The molecule has 0 radical (unpaired) electrons. The summed E-state index contributed by atoms with van der Waals surface area (Å²) in [4.78, 5) is 89.1. The highest BCUT2D eigenvalue weighted by molar-refractivity contribution is 7.69. The van der Waals surface area contributed by atoms with Gasteiger partial charge in [-0.2, -0.15) is 12.9 Å². The first-order chi connectivity index (χ1) is 22.5. The first-order valence-electron chi connectivity index (χ1n) is 12.9. The summed E-state index contributed by atoms with van der Waals surface area (Å²) >= 11 is 0. The minimum atomic E-state index is -6.24. The van der Waals surface area contributed by atoms with Gasteiger partial charge in [-0.1, -0.05) is 0 Å². The third-order valence-electron chi connectivity index (χ3n) is 6.35. The fraction of sp³-hybridized carbons (Fsp3) is 0.556. The zero-order valence-corrected chi connectivity index (χ0v) is 27.3. The van der Waals surface area contributed by atoms with Gasteiger partial charge in [-0.25, -0.2) is 27.8 Å². The lowest BCUT2D eigenvalue weighted by atomic mass is 10.1. The van der Waals surface area contributed by atoms with E-state index >= 15 is 0 Å². The van der Waals surface area contributed by atoms with E-state index in [0.29, 0.717) is 9.13 Å². The molecule has 2 aliphatic rings. The summed E-state index contributed by atoms with van der Waals surface area (Å²) in [5, 5.41) is 40.7. The van der Waals surface area contributed by atoms with Crippen LogP contribution in [-0.2, 0) is 49.7 Å². The molecule has 2 aromatic heterocycles. The third kappa shape index (κ3) is 9.93. The molecule has 4 heterocycles. The maximum Gasteiger partial charge on any atom is 0.490 e. The molecule has 2 fully saturated rings. The molecule has 2 aliphatic heterocycles. The van der Waals surface area contributed by atoms with Gasteiger partial charge in [0.1, 0.15) is 36.6 Å². The number of rotatable bonds is 14. The van der Waals surface area contributed by atoms with E-state index in [4.69, 9.17) is 9.47 Å². The van der Waals surface area contributed by atoms with E-state index in [1.165, 1.54) is 0 Å². The molecule has 2 saturated heterocycles. The van der Waals surface area contributed by atoms with Crippen molar-refractivity contribution in [2.45, 2.75) is 49.1 Å². The van der Waals surface area contributed by atoms with Crippen LogP contribution < -0.4 is 22.5 Å². The number of nitrogens with one attached hydrogen (secondary N) is 2. The quantitative estimate of drug-likeness (QED) is 0.0811. The Balaban J connectivity index is 1.31. The average Bonchev–Trinajstić information content (AvgIpc) is 3.38. The number of phosphoric acid groups is 4. The second-order valence-electron chi connectivity index (χ2n) is 9.84. The molecule has 4 rings (SSSR count). The SMILES string of the molecule is O=c1ccn(C2O[C@H](COP(=O)(O)OP(=O)(O)OP(=O)(O)OP(=O)(O)OCC3O[C@@H](n4ccc(=O)[nH]c4=O)[C@H](O)[C@@H]3O)[C@@H](O)[C@H]2O)c(=O)[nH]1. The van der Waals surface area contributed by atoms with Crippen LogP contribution in [0.5, 0.6) is 0 Å². The number of H-pyrrole nitrogens is 2. The van der Waals surface area contributed by atoms with Crippen LogP contribution in [-0.4, -0.2) is 109 Å². The van der Waals surface area contributed by atoms with Crippen molar-refractivity contribution in [3.8, 4) is 0 Å². The number of hydrogen-bond acceptors (Lipinski definition) is 19. The topological polar surface area (TPSA) is 404 Å². The number of aliphatic hydroxyl groups excluding tert-OH is 4. The van der Waals surface area contributed by atoms with Crippen molar-refractivity contribution in [2.75, 3.05) is 13.2 Å². The maximum atomic E-state index is 12.2. The van der Waals surface area contributed by atoms with Crippen molar-refractivity contribution in [2.24, 2.45) is 0 Å². The lowest BCUT2D eigenvalue weighted by Gasteiger charge is -2.21. The number of ether oxygens (including phenoxy) is 2. The Morgan fingerprint density at radius 1 is 0.592 bits per heavy atom. The summed E-state index contributed by atoms with van der Waals surface area (Å²) in [6, 6.07) is 1.73. The molecule has 0 amide bonds. The smallest absolute Gasteiger partial charge is 0.387 e. The highest BCUT2D eigenvalue weighted by Gasteiger charge is 2.49. The van der Waals surface area contributed by atoms with Gasteiger partial charge in [0.15, 0.2) is 12.5 Å². The minimum absolute atomic E-state index is 0.642. The molecular formula is C18H26N4O23P4. The molecule has 0 saturated carbocycles. The van der Waals surface area contributed by atoms with E-state index in [9.17, 15) is 77.4 Å². The Kier molecular flexibility index (Phi) is 11.9. The first-order valence-corrected chi connectivity index (χ1v) is 18.9. The minimum Gasteiger partial charge on any atom is -0.387 e. The first kappa shape index (κ1) is 39.5. The highest BCUT2D eigenvalue weighted by Crippen LogP contribution is 2.71. The molecule has 6 unspecified atom stereocenters. The summed E-state index contributed by atoms with van der Waals surface area (Å²) in [7, 11) is -24.1. The van der Waals surface area contributed by atoms with Gasteiger partial charge in [0.05, 0.1) is 13.2 Å². The number of aliphatic hydroxyl groups is 4. The van der Waals surface area contributed by atoms with Gasteiger partial charge >= 0.3 is 42.7 Å². The summed E-state index contributed by atoms with van der Waals surface area (Å²) in [5.41, 5.74) is -3.78. The standard InChI is InChI=1S/C18H26N4O23P4/c23-9-1-3-21(17(29)19-9)15-13(27)11(25)7(41-15)5-39-46(31,32)43-48(35,36)45-49(37,38)44-47(33,34)40-6-8-12(26)14(28)16(42-8)22-4-2-10(24)20-18(22)30/h1-4,7-8,11-16,25-28H,5-6H2,(H,31,32)(H,33,34)(H,35,36)(H,37,38)(H,19,23,29)(H,20,24,30)/t7-,8?,11-,12-,13-,14-,15?,16-/m1/s1. The Labute approximate surface area is 268 Å². The van der Waals surface area contributed by atoms with Gasteiger partial charge in [0, 0.05) is 24.5 Å². The zero-order chi connectivity index (χ0) is 36.7. The molecule has 10 N–H and O–H groups in total. The Hall–Kier alpha value is -2.32. The van der Waals surface area contributed by atoms with E-state index in [1.54, 1.807) is 0 Å². The normalized spacial score (nSPS) is 32.2. The molecule has 276 valence electrons. The Morgan fingerprint density at radius 3 is 1.24 bits per heavy atom. The van der Waals surface area contributed by atoms with E-state index in [-0.39, 0.29) is 0 Å². The van der Waals surface area contributed by atoms with Crippen LogP contribution in [0, 0.1) is 0 Å². The third-order valence-corrected chi connectivity index (χ3v) is 12.3. The van der Waals surface area contributed by atoms with Crippen molar-refractivity contribution in [1.29, 1.82) is 0 Å². The number of phosphoric ester groups is 2. The Bertz CT molecular complexity index is 1820. The van der Waals surface area contributed by atoms with Crippen LogP contribution in [0.25, 0.3) is 0 Å². The molecule has 0 bridgehead atoms. The summed E-state index contributed by atoms with van der Waals surface area (Å²) in [6.07, 6.45) is -12.6. The fourth-order valence-corrected chi connectivity index (χ4v) is 9.20. The van der Waals surface area contributed by atoms with Crippen molar-refractivity contribution in [3.63, 3.8) is 0 Å². The number of hydrogen-bond donors (Lipinski definition) is 10. The van der Waals surface area contributed by atoms with Crippen LogP contribution in [0.1, 0.15) is 12.5 Å². The lowest BCUT2D eigenvalue weighted by molar-refractivity contribution is -0.0544. The molecule has 0 aliphatic carbocycles. The molecule has 31 heteroatoms. The predicted molar refractivity (Wildman–Crippen MR) is 149 cm³/mol.